The average Bonchev–Trinajstić information content (AvgIpc) is 3.49. The number of rotatable bonds is 4. The van der Waals surface area contributed by atoms with E-state index in [1.165, 1.54) is 0 Å². The first-order valence-corrected chi connectivity index (χ1v) is 10.6. The molecule has 0 unspecified atom stereocenters. The molecule has 3 aromatic rings. The summed E-state index contributed by atoms with van der Waals surface area (Å²) < 4.78 is 5.71. The normalized spacial score (nSPS) is 23.7. The molecule has 2 aliphatic rings. The highest BCUT2D eigenvalue weighted by Crippen LogP contribution is 2.48. The smallest absolute Gasteiger partial charge is 0.232 e. The third kappa shape index (κ3) is 3.72. The Kier molecular flexibility index (Phi) is 5.02. The summed E-state index contributed by atoms with van der Waals surface area (Å²) in [6, 6.07) is 8.07. The van der Waals surface area contributed by atoms with Crippen molar-refractivity contribution >= 4 is 5.91 Å². The fraction of sp³-hybridized carbons (Fsp3) is 0.435. The second-order valence-electron chi connectivity index (χ2n) is 8.83. The van der Waals surface area contributed by atoms with Gasteiger partial charge >= 0.3 is 0 Å². The number of hydrogen-bond acceptors (Lipinski definition) is 7. The number of carbonyl (C=O) groups is 1. The van der Waals surface area contributed by atoms with E-state index in [9.17, 15) is 4.79 Å². The predicted molar refractivity (Wildman–Crippen MR) is 114 cm³/mol. The molecule has 1 amide bonds. The molecule has 1 spiro atoms. The molecule has 0 saturated carbocycles. The minimum atomic E-state index is -0.0672. The van der Waals surface area contributed by atoms with Gasteiger partial charge in [0.15, 0.2) is 0 Å². The van der Waals surface area contributed by atoms with Gasteiger partial charge in [-0.25, -0.2) is 4.98 Å². The molecular formula is C23H26N6O2. The van der Waals surface area contributed by atoms with Crippen molar-refractivity contribution in [2.75, 3.05) is 33.2 Å². The quantitative estimate of drug-likeness (QED) is 0.642. The molecule has 2 saturated heterocycles. The van der Waals surface area contributed by atoms with Crippen LogP contribution in [0.15, 0.2) is 47.4 Å². The van der Waals surface area contributed by atoms with E-state index in [-0.39, 0.29) is 17.2 Å². The lowest BCUT2D eigenvalue weighted by Crippen LogP contribution is -2.35. The Morgan fingerprint density at radius 1 is 1.26 bits per heavy atom. The van der Waals surface area contributed by atoms with Crippen molar-refractivity contribution < 1.29 is 9.32 Å². The van der Waals surface area contributed by atoms with E-state index < -0.39 is 0 Å². The molecule has 8 heteroatoms. The number of aryl methyl sites for hydroxylation is 1. The van der Waals surface area contributed by atoms with Crippen LogP contribution in [0, 0.1) is 12.3 Å². The molecule has 0 radical (unpaired) electrons. The first-order chi connectivity index (χ1) is 15.0. The lowest BCUT2D eigenvalue weighted by atomic mass is 9.77. The number of amides is 1. The van der Waals surface area contributed by atoms with E-state index >= 15 is 0 Å². The third-order valence-electron chi connectivity index (χ3n) is 6.71. The van der Waals surface area contributed by atoms with Gasteiger partial charge < -0.3 is 14.3 Å². The summed E-state index contributed by atoms with van der Waals surface area (Å²) in [7, 11) is 2.13. The van der Waals surface area contributed by atoms with Gasteiger partial charge in [0.25, 0.3) is 0 Å². The number of benzene rings is 1. The van der Waals surface area contributed by atoms with E-state index in [2.05, 4.69) is 45.0 Å². The molecule has 0 N–H and O–H groups in total. The van der Waals surface area contributed by atoms with Gasteiger partial charge in [-0.2, -0.15) is 4.98 Å². The van der Waals surface area contributed by atoms with E-state index in [1.54, 1.807) is 18.6 Å². The van der Waals surface area contributed by atoms with Gasteiger partial charge in [0.2, 0.25) is 17.6 Å². The molecule has 1 aromatic carbocycles. The lowest BCUT2D eigenvalue weighted by Gasteiger charge is -2.27. The van der Waals surface area contributed by atoms with Crippen LogP contribution in [0.25, 0.3) is 11.5 Å². The van der Waals surface area contributed by atoms with Crippen LogP contribution in [0.5, 0.6) is 0 Å². The molecule has 2 aromatic heterocycles. The zero-order valence-corrected chi connectivity index (χ0v) is 17.9. The molecule has 2 atom stereocenters. The number of nitrogens with zero attached hydrogens (tertiary/aromatic N) is 6. The van der Waals surface area contributed by atoms with E-state index in [0.717, 1.165) is 37.2 Å². The zero-order chi connectivity index (χ0) is 21.4. The van der Waals surface area contributed by atoms with E-state index in [4.69, 9.17) is 4.52 Å². The fourth-order valence-electron chi connectivity index (χ4n) is 5.00. The van der Waals surface area contributed by atoms with E-state index in [1.807, 2.05) is 23.1 Å². The van der Waals surface area contributed by atoms with Crippen molar-refractivity contribution in [3.8, 4) is 11.5 Å². The Balaban J connectivity index is 1.41. The minimum Gasteiger partial charge on any atom is -0.341 e. The summed E-state index contributed by atoms with van der Waals surface area (Å²) in [6.07, 6.45) is 6.27. The first-order valence-electron chi connectivity index (χ1n) is 10.6. The van der Waals surface area contributed by atoms with Gasteiger partial charge in [0, 0.05) is 37.4 Å². The molecule has 0 aliphatic carbocycles. The van der Waals surface area contributed by atoms with Crippen molar-refractivity contribution in [3.63, 3.8) is 0 Å². The fourth-order valence-corrected chi connectivity index (χ4v) is 5.00. The summed E-state index contributed by atoms with van der Waals surface area (Å²) in [5, 5.41) is 4.15. The molecular weight excluding hydrogens is 392 g/mol. The van der Waals surface area contributed by atoms with Crippen LogP contribution in [-0.2, 0) is 11.2 Å². The van der Waals surface area contributed by atoms with Gasteiger partial charge in [-0.1, -0.05) is 29.4 Å². The van der Waals surface area contributed by atoms with Crippen molar-refractivity contribution in [2.45, 2.75) is 25.7 Å². The second-order valence-corrected chi connectivity index (χ2v) is 8.83. The highest BCUT2D eigenvalue weighted by atomic mass is 16.5. The molecule has 4 heterocycles. The summed E-state index contributed by atoms with van der Waals surface area (Å²) in [4.78, 5) is 30.5. The Morgan fingerprint density at radius 2 is 2.13 bits per heavy atom. The van der Waals surface area contributed by atoms with Crippen LogP contribution in [0.2, 0.25) is 0 Å². The SMILES string of the molecule is Cc1ccccc1CC(=O)N1C[C@@H](c2nc(-c3cnccn3)no2)[C@]2(CCN(C)C2)C1. The van der Waals surface area contributed by atoms with E-state index in [0.29, 0.717) is 30.4 Å². The third-order valence-corrected chi connectivity index (χ3v) is 6.71. The van der Waals surface area contributed by atoms with Crippen molar-refractivity contribution in [1.29, 1.82) is 0 Å². The lowest BCUT2D eigenvalue weighted by molar-refractivity contribution is -0.129. The Hall–Kier alpha value is -3.13. The summed E-state index contributed by atoms with van der Waals surface area (Å²) in [6.45, 7) is 5.28. The van der Waals surface area contributed by atoms with Gasteiger partial charge in [0.05, 0.1) is 18.5 Å². The van der Waals surface area contributed by atoms with Crippen molar-refractivity contribution in [3.05, 3.63) is 59.9 Å². The zero-order valence-electron chi connectivity index (χ0n) is 17.9. The Bertz CT molecular complexity index is 1080. The number of likely N-dealkylation sites (tertiary alicyclic amines) is 2. The monoisotopic (exact) mass is 418 g/mol. The molecule has 160 valence electrons. The largest absolute Gasteiger partial charge is 0.341 e. The maximum atomic E-state index is 13.2. The number of hydrogen-bond donors (Lipinski definition) is 0. The standard InChI is InChI=1S/C23H26N6O2/c1-16-5-3-4-6-17(16)11-20(30)29-13-18(23(15-29)7-10-28(2)14-23)22-26-21(27-31-22)19-12-24-8-9-25-19/h3-6,8-9,12,18H,7,10-11,13-15H2,1-2H3/t18-,23-/m0/s1. The summed E-state index contributed by atoms with van der Waals surface area (Å²) in [5.41, 5.74) is 2.74. The van der Waals surface area contributed by atoms with Gasteiger partial charge in [-0.3, -0.25) is 9.78 Å². The molecule has 8 nitrogen and oxygen atoms in total. The van der Waals surface area contributed by atoms with Crippen LogP contribution < -0.4 is 0 Å². The van der Waals surface area contributed by atoms with Crippen molar-refractivity contribution in [2.24, 2.45) is 5.41 Å². The predicted octanol–water partition coefficient (Wildman–Crippen LogP) is 2.33. The van der Waals surface area contributed by atoms with Crippen LogP contribution in [0.3, 0.4) is 0 Å². The maximum absolute atomic E-state index is 13.2. The first kappa shape index (κ1) is 19.8. The molecule has 31 heavy (non-hydrogen) atoms. The highest BCUT2D eigenvalue weighted by molar-refractivity contribution is 5.79. The van der Waals surface area contributed by atoms with Gasteiger partial charge in [0.1, 0.15) is 5.69 Å². The van der Waals surface area contributed by atoms with Crippen LogP contribution in [-0.4, -0.2) is 69.0 Å². The maximum Gasteiger partial charge on any atom is 0.232 e. The minimum absolute atomic E-state index is 0.0104. The summed E-state index contributed by atoms with van der Waals surface area (Å²) in [5.74, 6) is 1.19. The van der Waals surface area contributed by atoms with Crippen molar-refractivity contribution in [1.82, 2.24) is 29.9 Å². The Morgan fingerprint density at radius 3 is 2.87 bits per heavy atom. The number of aromatic nitrogens is 4. The Labute approximate surface area is 181 Å². The van der Waals surface area contributed by atoms with Crippen LogP contribution >= 0.6 is 0 Å². The number of carbonyl (C=O) groups excluding carboxylic acids is 1. The topological polar surface area (TPSA) is 88.2 Å². The molecule has 2 aliphatic heterocycles. The summed E-state index contributed by atoms with van der Waals surface area (Å²) >= 11 is 0. The van der Waals surface area contributed by atoms with Gasteiger partial charge in [-0.15, -0.1) is 0 Å². The average molecular weight is 419 g/mol. The van der Waals surface area contributed by atoms with Crippen LogP contribution in [0.4, 0.5) is 0 Å². The molecule has 5 rings (SSSR count). The van der Waals surface area contributed by atoms with Crippen LogP contribution in [0.1, 0.15) is 29.4 Å². The molecule has 0 bridgehead atoms. The second kappa shape index (κ2) is 7.85. The van der Waals surface area contributed by atoms with Gasteiger partial charge in [-0.05, 0) is 38.1 Å². The highest BCUT2D eigenvalue weighted by Gasteiger charge is 2.53. The molecule has 2 fully saturated rings.